The normalized spacial score (nSPS) is 18.8. The Morgan fingerprint density at radius 3 is 1.00 bits per heavy atom. The Kier molecular flexibility index (Phi) is 14.6. The molecule has 1 aliphatic heterocycles. The van der Waals surface area contributed by atoms with E-state index in [9.17, 15) is 14.4 Å². The number of carboxylic acids is 3. The van der Waals surface area contributed by atoms with Crippen molar-refractivity contribution in [3.8, 4) is 0 Å². The smallest absolute Gasteiger partial charge is 0.317 e. The van der Waals surface area contributed by atoms with Crippen LogP contribution in [-0.4, -0.2) is 131 Å². The average Bonchev–Trinajstić information content (AvgIpc) is 2.55. The van der Waals surface area contributed by atoms with Gasteiger partial charge in [0.05, 0.1) is 19.6 Å². The van der Waals surface area contributed by atoms with Gasteiger partial charge in [0, 0.05) is 92.3 Å². The van der Waals surface area contributed by atoms with Crippen molar-refractivity contribution in [1.29, 1.82) is 0 Å². The molecule has 0 spiro atoms. The van der Waals surface area contributed by atoms with Crippen LogP contribution in [0.4, 0.5) is 0 Å². The first-order valence-electron chi connectivity index (χ1n) is 9.20. The van der Waals surface area contributed by atoms with Gasteiger partial charge in [0.2, 0.25) is 0 Å². The Bertz CT molecular complexity index is 450. The van der Waals surface area contributed by atoms with Gasteiger partial charge in [0.15, 0.2) is 0 Å². The Morgan fingerprint density at radius 1 is 0.621 bits per heavy atom. The van der Waals surface area contributed by atoms with Gasteiger partial charge in [-0.25, -0.2) is 19.1 Å². The van der Waals surface area contributed by atoms with Gasteiger partial charge in [0.1, 0.15) is 0 Å². The number of hydrogen-bond donors (Lipinski definition) is 3. The topological polar surface area (TPSA) is 125 Å². The SMILES string of the molecule is C=C([CH2-])CN1CCN(CC(=O)O)CCN(CC(=O)O)CCN(CC(=O)O)CC1.[Gd]. The van der Waals surface area contributed by atoms with Crippen LogP contribution in [0.15, 0.2) is 12.2 Å². The van der Waals surface area contributed by atoms with Crippen molar-refractivity contribution in [2.24, 2.45) is 0 Å². The van der Waals surface area contributed by atoms with Crippen molar-refractivity contribution in [2.45, 2.75) is 0 Å². The minimum atomic E-state index is -0.971. The van der Waals surface area contributed by atoms with E-state index in [0.29, 0.717) is 58.9 Å². The fourth-order valence-electron chi connectivity index (χ4n) is 3.10. The molecule has 1 rings (SSSR count). The van der Waals surface area contributed by atoms with Gasteiger partial charge >= 0.3 is 17.9 Å². The van der Waals surface area contributed by atoms with Gasteiger partial charge in [0.25, 0.3) is 0 Å². The maximum atomic E-state index is 11.2. The number of carboxylic acid groups (broad SMARTS) is 3. The molecule has 0 saturated carbocycles. The Morgan fingerprint density at radius 2 is 0.828 bits per heavy atom. The fraction of sp³-hybridized carbons (Fsp3) is 0.667. The van der Waals surface area contributed by atoms with Crippen molar-refractivity contribution in [3.05, 3.63) is 19.1 Å². The summed E-state index contributed by atoms with van der Waals surface area (Å²) in [5.74, 6) is -2.84. The van der Waals surface area contributed by atoms with Crippen molar-refractivity contribution in [1.82, 2.24) is 19.6 Å². The predicted molar refractivity (Wildman–Crippen MR) is 103 cm³/mol. The molecule has 0 aromatic carbocycles. The van der Waals surface area contributed by atoms with E-state index in [4.69, 9.17) is 15.3 Å². The van der Waals surface area contributed by atoms with Gasteiger partial charge < -0.3 is 15.3 Å². The molecule has 10 nitrogen and oxygen atoms in total. The molecule has 29 heavy (non-hydrogen) atoms. The molecule has 0 aliphatic carbocycles. The molecule has 0 radical (unpaired) electrons. The van der Waals surface area contributed by atoms with E-state index in [-0.39, 0.29) is 59.6 Å². The van der Waals surface area contributed by atoms with Gasteiger partial charge in [-0.15, -0.1) is 0 Å². The third-order valence-electron chi connectivity index (χ3n) is 4.45. The van der Waals surface area contributed by atoms with Crippen LogP contribution < -0.4 is 0 Å². The molecule has 168 valence electrons. The zero-order valence-electron chi connectivity index (χ0n) is 16.6. The molecule has 1 aliphatic rings. The molecule has 0 unspecified atom stereocenters. The third kappa shape index (κ3) is 13.9. The number of carbonyl (C=O) groups is 3. The van der Waals surface area contributed by atoms with Crippen LogP contribution in [-0.2, 0) is 14.4 Å². The van der Waals surface area contributed by atoms with E-state index in [1.54, 1.807) is 14.7 Å². The van der Waals surface area contributed by atoms with E-state index in [1.807, 2.05) is 0 Å². The molecule has 3 N–H and O–H groups in total. The van der Waals surface area contributed by atoms with E-state index in [2.05, 4.69) is 18.4 Å². The third-order valence-corrected chi connectivity index (χ3v) is 4.45. The molecule has 1 heterocycles. The summed E-state index contributed by atoms with van der Waals surface area (Å²) in [4.78, 5) is 40.8. The fourth-order valence-corrected chi connectivity index (χ4v) is 3.10. The van der Waals surface area contributed by atoms with Gasteiger partial charge in [-0.2, -0.15) is 0 Å². The van der Waals surface area contributed by atoms with Crippen LogP contribution in [0.2, 0.25) is 0 Å². The summed E-state index contributed by atoms with van der Waals surface area (Å²) in [7, 11) is 0. The molecule has 0 bridgehead atoms. The maximum Gasteiger partial charge on any atom is 0.317 e. The zero-order chi connectivity index (χ0) is 21.1. The van der Waals surface area contributed by atoms with E-state index >= 15 is 0 Å². The number of aliphatic carboxylic acids is 3. The molecule has 1 saturated heterocycles. The van der Waals surface area contributed by atoms with E-state index in [1.165, 1.54) is 0 Å². The van der Waals surface area contributed by atoms with Gasteiger partial charge in [-0.05, 0) is 6.54 Å². The molecule has 0 amide bonds. The van der Waals surface area contributed by atoms with Crippen molar-refractivity contribution in [3.63, 3.8) is 0 Å². The monoisotopic (exact) mass is 557 g/mol. The minimum Gasteiger partial charge on any atom is -0.480 e. The van der Waals surface area contributed by atoms with E-state index < -0.39 is 17.9 Å². The molecule has 1 fully saturated rings. The van der Waals surface area contributed by atoms with Crippen LogP contribution in [0.1, 0.15) is 0 Å². The van der Waals surface area contributed by atoms with E-state index in [0.717, 1.165) is 5.57 Å². The summed E-state index contributed by atoms with van der Waals surface area (Å²) in [5.41, 5.74) is 0.731. The molecular weight excluding hydrogens is 525 g/mol. The number of rotatable bonds is 8. The second kappa shape index (κ2) is 15.1. The van der Waals surface area contributed by atoms with Crippen LogP contribution in [0.25, 0.3) is 0 Å². The summed E-state index contributed by atoms with van der Waals surface area (Å²) < 4.78 is 0. The zero-order valence-corrected chi connectivity index (χ0v) is 18.9. The average molecular weight is 557 g/mol. The summed E-state index contributed by atoms with van der Waals surface area (Å²) in [5, 5.41) is 27.4. The van der Waals surface area contributed by atoms with Gasteiger partial charge in [-0.1, -0.05) is 0 Å². The van der Waals surface area contributed by atoms with Crippen LogP contribution in [0, 0.1) is 46.9 Å². The van der Waals surface area contributed by atoms with Gasteiger partial charge in [-0.3, -0.25) is 34.0 Å². The summed E-state index contributed by atoms with van der Waals surface area (Å²) in [6.45, 7) is 11.6. The standard InChI is InChI=1S/C18H31N4O6.Gd/c1-15(2)11-19-3-5-20(12-16(23)24)7-9-22(14-18(27)28)10-8-21(6-4-19)13-17(25)26;/h1-14H2,(H,23,24)(H,25,26)(H,27,28);/q-1;. The molecule has 0 aromatic heterocycles. The first-order valence-corrected chi connectivity index (χ1v) is 9.20. The second-order valence-corrected chi connectivity index (χ2v) is 7.04. The van der Waals surface area contributed by atoms with Crippen LogP contribution >= 0.6 is 0 Å². The molecule has 0 atom stereocenters. The second-order valence-electron chi connectivity index (χ2n) is 7.04. The molecular formula is C18H31GdN4O6-. The Balaban J connectivity index is 0.00000784. The van der Waals surface area contributed by atoms with Crippen molar-refractivity contribution in [2.75, 3.05) is 78.5 Å². The van der Waals surface area contributed by atoms with Crippen LogP contribution in [0.5, 0.6) is 0 Å². The maximum absolute atomic E-state index is 11.2. The van der Waals surface area contributed by atoms with Crippen molar-refractivity contribution < 1.29 is 69.6 Å². The molecule has 0 aromatic rings. The predicted octanol–water partition coefficient (Wildman–Crippen LogP) is -1.15. The largest absolute Gasteiger partial charge is 0.480 e. The first-order chi connectivity index (χ1) is 13.2. The van der Waals surface area contributed by atoms with Crippen LogP contribution in [0.3, 0.4) is 0 Å². The summed E-state index contributed by atoms with van der Waals surface area (Å²) in [6, 6.07) is 0. The number of nitrogens with zero attached hydrogens (tertiary/aromatic N) is 4. The van der Waals surface area contributed by atoms with Crippen molar-refractivity contribution >= 4 is 17.9 Å². The Hall–Kier alpha value is -0.815. The minimum absolute atomic E-state index is 0. The first kappa shape index (κ1) is 28.2. The Labute approximate surface area is 203 Å². The summed E-state index contributed by atoms with van der Waals surface area (Å²) >= 11 is 0. The summed E-state index contributed by atoms with van der Waals surface area (Å²) in [6.07, 6.45) is 0. The molecule has 11 heteroatoms. The number of hydrogen-bond acceptors (Lipinski definition) is 7. The quantitative estimate of drug-likeness (QED) is 0.316.